The average Bonchev–Trinajstić information content (AvgIpc) is 3.04. The molecule has 0 aliphatic carbocycles. The summed E-state index contributed by atoms with van der Waals surface area (Å²) < 4.78 is -0.151. The predicted molar refractivity (Wildman–Crippen MR) is 97.0 cm³/mol. The van der Waals surface area contributed by atoms with Crippen molar-refractivity contribution in [2.24, 2.45) is 0 Å². The predicted octanol–water partition coefficient (Wildman–Crippen LogP) is 2.83. The van der Waals surface area contributed by atoms with Gasteiger partial charge in [-0.15, -0.1) is 0 Å². The second-order valence-corrected chi connectivity index (χ2v) is 7.40. The van der Waals surface area contributed by atoms with E-state index in [1.165, 1.54) is 11.1 Å². The van der Waals surface area contributed by atoms with Gasteiger partial charge in [0.2, 0.25) is 0 Å². The molecule has 3 rings (SSSR count). The molecule has 0 spiro atoms. The number of carbonyl (C=O) groups is 2. The number of carbonyl (C=O) groups excluding carboxylic acids is 1. The van der Waals surface area contributed by atoms with E-state index in [-0.39, 0.29) is 10.6 Å². The Kier molecular flexibility index (Phi) is 5.40. The van der Waals surface area contributed by atoms with Crippen LogP contribution in [-0.4, -0.2) is 38.7 Å². The number of fused-ring (bicyclic) bond motifs is 1. The molecule has 1 aliphatic heterocycles. The van der Waals surface area contributed by atoms with Crippen LogP contribution in [0.25, 0.3) is 6.08 Å². The number of hydrogen-bond acceptors (Lipinski definition) is 2. The van der Waals surface area contributed by atoms with Crippen LogP contribution < -0.4 is 0 Å². The molecular weight excluding hydrogens is 377 g/mol. The second-order valence-electron chi connectivity index (χ2n) is 6.10. The Morgan fingerprint density at radius 1 is 1.08 bits per heavy atom. The van der Waals surface area contributed by atoms with Crippen LogP contribution in [0.4, 0.5) is 0 Å². The first-order valence-corrected chi connectivity index (χ1v) is 9.15. The maximum atomic E-state index is 12.7. The van der Waals surface area contributed by atoms with Gasteiger partial charge in [-0.3, -0.25) is 0 Å². The number of carboxylic acid groups (broad SMARTS) is 1. The Hall–Kier alpha value is -2.32. The molecule has 0 unspecified atom stereocenters. The first kappa shape index (κ1) is 17.5. The Morgan fingerprint density at radius 3 is 2.24 bits per heavy atom. The molecule has 4 nitrogen and oxygen atoms in total. The average molecular weight is 395 g/mol. The van der Waals surface area contributed by atoms with Crippen molar-refractivity contribution in [3.05, 3.63) is 76.9 Å². The number of hydrogen-bond donors (Lipinski definition) is 1. The van der Waals surface area contributed by atoms with E-state index in [4.69, 9.17) is 5.11 Å². The molecule has 25 heavy (non-hydrogen) atoms. The van der Waals surface area contributed by atoms with Crippen molar-refractivity contribution in [2.45, 2.75) is 24.2 Å². The molecule has 5 heteroatoms. The molecule has 1 amide bonds. The van der Waals surface area contributed by atoms with E-state index >= 15 is 0 Å². The van der Waals surface area contributed by atoms with Crippen molar-refractivity contribution in [3.63, 3.8) is 0 Å². The molecule has 1 N–H and O–H groups in total. The third kappa shape index (κ3) is 4.40. The zero-order valence-corrected chi connectivity index (χ0v) is 15.5. The van der Waals surface area contributed by atoms with Crippen LogP contribution in [0.2, 0.25) is 4.71 Å². The van der Waals surface area contributed by atoms with E-state index in [1.807, 2.05) is 41.3 Å². The number of aliphatic carboxylic acids is 1. The SMILES string of the molecule is O=C(O)/C=C/c1ccc(C[C@@H]([As])C(=O)N2Cc3ccccc3C2)cc1. The summed E-state index contributed by atoms with van der Waals surface area (Å²) in [5, 5.41) is 8.65. The van der Waals surface area contributed by atoms with Crippen molar-refractivity contribution in [3.8, 4) is 0 Å². The molecule has 1 heterocycles. The molecule has 0 fully saturated rings. The molecule has 2 aromatic carbocycles. The van der Waals surface area contributed by atoms with Crippen LogP contribution in [0.1, 0.15) is 22.3 Å². The number of nitrogens with zero attached hydrogens (tertiary/aromatic N) is 1. The summed E-state index contributed by atoms with van der Waals surface area (Å²) >= 11 is 2.48. The van der Waals surface area contributed by atoms with E-state index in [1.54, 1.807) is 6.08 Å². The molecule has 0 saturated carbocycles. The van der Waals surface area contributed by atoms with Crippen LogP contribution in [-0.2, 0) is 29.1 Å². The van der Waals surface area contributed by atoms with Gasteiger partial charge in [-0.05, 0) is 0 Å². The number of rotatable bonds is 5. The Labute approximate surface area is 155 Å². The van der Waals surface area contributed by atoms with Crippen molar-refractivity contribution in [1.29, 1.82) is 0 Å². The Balaban J connectivity index is 1.60. The van der Waals surface area contributed by atoms with Crippen LogP contribution in [0.3, 0.4) is 0 Å². The first-order valence-electron chi connectivity index (χ1n) is 8.06. The first-order chi connectivity index (χ1) is 12.0. The molecule has 1 atom stereocenters. The summed E-state index contributed by atoms with van der Waals surface area (Å²) in [5.41, 5.74) is 4.34. The Bertz CT molecular complexity index is 789. The van der Waals surface area contributed by atoms with Gasteiger partial charge in [-0.1, -0.05) is 0 Å². The van der Waals surface area contributed by atoms with Gasteiger partial charge in [0.15, 0.2) is 0 Å². The van der Waals surface area contributed by atoms with Crippen molar-refractivity contribution in [1.82, 2.24) is 4.90 Å². The summed E-state index contributed by atoms with van der Waals surface area (Å²) in [4.78, 5) is 25.1. The molecular formula is C20H18AsNO3. The second kappa shape index (κ2) is 7.71. The molecule has 2 aromatic rings. The van der Waals surface area contributed by atoms with Crippen LogP contribution in [0.15, 0.2) is 54.6 Å². The molecule has 1 aliphatic rings. The zero-order valence-electron chi connectivity index (χ0n) is 13.6. The van der Waals surface area contributed by atoms with Gasteiger partial charge in [0.25, 0.3) is 0 Å². The molecule has 126 valence electrons. The van der Waals surface area contributed by atoms with Gasteiger partial charge in [-0.25, -0.2) is 0 Å². The fraction of sp³-hybridized carbons (Fsp3) is 0.200. The number of carboxylic acids is 1. The van der Waals surface area contributed by atoms with Crippen molar-refractivity contribution in [2.75, 3.05) is 0 Å². The van der Waals surface area contributed by atoms with Crippen LogP contribution >= 0.6 is 0 Å². The van der Waals surface area contributed by atoms with Crippen LogP contribution in [0.5, 0.6) is 0 Å². The van der Waals surface area contributed by atoms with Gasteiger partial charge in [0, 0.05) is 0 Å². The monoisotopic (exact) mass is 395 g/mol. The molecule has 0 saturated heterocycles. The van der Waals surface area contributed by atoms with E-state index < -0.39 is 5.97 Å². The summed E-state index contributed by atoms with van der Waals surface area (Å²) in [6.07, 6.45) is 3.32. The zero-order chi connectivity index (χ0) is 17.8. The summed E-state index contributed by atoms with van der Waals surface area (Å²) in [5.74, 6) is -0.821. The fourth-order valence-corrected chi connectivity index (χ4v) is 3.73. The van der Waals surface area contributed by atoms with E-state index in [2.05, 4.69) is 29.0 Å². The minimum atomic E-state index is -0.966. The number of amides is 1. The van der Waals surface area contributed by atoms with E-state index in [0.29, 0.717) is 19.5 Å². The number of benzene rings is 2. The van der Waals surface area contributed by atoms with Gasteiger partial charge < -0.3 is 0 Å². The van der Waals surface area contributed by atoms with Crippen molar-refractivity contribution < 1.29 is 14.7 Å². The van der Waals surface area contributed by atoms with E-state index in [9.17, 15) is 9.59 Å². The Morgan fingerprint density at radius 2 is 1.68 bits per heavy atom. The minimum absolute atomic E-state index is 0.144. The van der Waals surface area contributed by atoms with Gasteiger partial charge in [0.1, 0.15) is 0 Å². The van der Waals surface area contributed by atoms with Gasteiger partial charge in [0.05, 0.1) is 0 Å². The van der Waals surface area contributed by atoms with Crippen molar-refractivity contribution >= 4 is 34.8 Å². The summed E-state index contributed by atoms with van der Waals surface area (Å²) in [6.45, 7) is 1.37. The molecule has 2 radical (unpaired) electrons. The van der Waals surface area contributed by atoms with Gasteiger partial charge >= 0.3 is 155 Å². The van der Waals surface area contributed by atoms with Crippen LogP contribution in [0, 0.1) is 0 Å². The maximum absolute atomic E-state index is 12.7. The fourth-order valence-electron chi connectivity index (χ4n) is 2.94. The van der Waals surface area contributed by atoms with Gasteiger partial charge in [-0.2, -0.15) is 0 Å². The third-order valence-corrected chi connectivity index (χ3v) is 5.11. The third-order valence-electron chi connectivity index (χ3n) is 4.26. The topological polar surface area (TPSA) is 57.6 Å². The molecule has 0 aromatic heterocycles. The normalized spacial score (nSPS) is 14.5. The standard InChI is InChI=1S/C20H18AsNO3/c21-18(11-15-7-5-14(6-8-15)9-10-19(23)24)20(25)22-12-16-3-1-2-4-17(16)13-22/h1-10,18H,11-13H2,(H,23,24)/b10-9+/t18-/m1/s1. The summed E-state index contributed by atoms with van der Waals surface area (Å²) in [7, 11) is 0. The molecule has 0 bridgehead atoms. The summed E-state index contributed by atoms with van der Waals surface area (Å²) in [6, 6.07) is 15.8. The quantitative estimate of drug-likeness (QED) is 0.626. The van der Waals surface area contributed by atoms with E-state index in [0.717, 1.165) is 17.2 Å².